The van der Waals surface area contributed by atoms with Crippen LogP contribution < -0.4 is 0 Å². The summed E-state index contributed by atoms with van der Waals surface area (Å²) in [5.41, 5.74) is -1.36. The van der Waals surface area contributed by atoms with E-state index in [2.05, 4.69) is 40.7 Å². The summed E-state index contributed by atoms with van der Waals surface area (Å²) in [4.78, 5) is 23.0. The number of hydrogen-bond donors (Lipinski definition) is 12. The minimum Gasteiger partial charge on any atom is -0.481 e. The highest BCUT2D eigenvalue weighted by Crippen LogP contribution is 2.76. The summed E-state index contributed by atoms with van der Waals surface area (Å²) in [6, 6.07) is 0. The normalized spacial score (nSPS) is 48.8. The molecule has 21 nitrogen and oxygen atoms in total. The molecular formula is C51H84O21. The van der Waals surface area contributed by atoms with Crippen LogP contribution in [0.1, 0.15) is 120 Å². The Bertz CT molecular complexity index is 1920. The van der Waals surface area contributed by atoms with Crippen molar-refractivity contribution in [1.29, 1.82) is 0 Å². The van der Waals surface area contributed by atoms with Gasteiger partial charge in [0.1, 0.15) is 86.3 Å². The third kappa shape index (κ3) is 10.3. The molecule has 12 N–H and O–H groups in total. The summed E-state index contributed by atoms with van der Waals surface area (Å²) < 4.78 is 42.3. The first-order valence-corrected chi connectivity index (χ1v) is 25.9. The molecule has 72 heavy (non-hydrogen) atoms. The van der Waals surface area contributed by atoms with Gasteiger partial charge in [0.25, 0.3) is 0 Å². The third-order valence-corrected chi connectivity index (χ3v) is 19.3. The minimum absolute atomic E-state index is 0.0343. The van der Waals surface area contributed by atoms with E-state index >= 15 is 0 Å². The minimum atomic E-state index is -1.93. The number of carbonyl (C=O) groups is 2. The molecule has 7 aliphatic rings. The molecule has 414 valence electrons. The van der Waals surface area contributed by atoms with Crippen molar-refractivity contribution in [1.82, 2.24) is 0 Å². The van der Waals surface area contributed by atoms with Crippen LogP contribution in [-0.4, -0.2) is 203 Å². The molecule has 7 fully saturated rings. The number of ether oxygens (including phenoxy) is 7. The maximum absolute atomic E-state index is 12.7. The number of aliphatic hydroxyl groups is 11. The molecular weight excluding hydrogens is 949 g/mol. The van der Waals surface area contributed by atoms with Crippen molar-refractivity contribution < 1.29 is 104 Å². The lowest BCUT2D eigenvalue weighted by Gasteiger charge is -2.71. The van der Waals surface area contributed by atoms with Crippen molar-refractivity contribution in [3.63, 3.8) is 0 Å². The van der Waals surface area contributed by atoms with Gasteiger partial charge in [-0.2, -0.15) is 0 Å². The van der Waals surface area contributed by atoms with Crippen molar-refractivity contribution in [2.45, 2.75) is 230 Å². The van der Waals surface area contributed by atoms with E-state index in [-0.39, 0.29) is 39.9 Å². The largest absolute Gasteiger partial charge is 0.481 e. The third-order valence-electron chi connectivity index (χ3n) is 19.3. The highest BCUT2D eigenvalue weighted by molar-refractivity contribution is 5.90. The monoisotopic (exact) mass is 1030 g/mol. The Morgan fingerprint density at radius 3 is 1.85 bits per heavy atom. The van der Waals surface area contributed by atoms with Gasteiger partial charge in [-0.25, -0.2) is 0 Å². The lowest BCUT2D eigenvalue weighted by molar-refractivity contribution is -0.378. The van der Waals surface area contributed by atoms with Gasteiger partial charge in [0.2, 0.25) is 0 Å². The van der Waals surface area contributed by atoms with Crippen molar-refractivity contribution in [3.8, 4) is 0 Å². The maximum atomic E-state index is 12.7. The van der Waals surface area contributed by atoms with E-state index in [1.165, 1.54) is 0 Å². The van der Waals surface area contributed by atoms with Crippen LogP contribution in [0.3, 0.4) is 0 Å². The fourth-order valence-corrected chi connectivity index (χ4v) is 15.2. The summed E-state index contributed by atoms with van der Waals surface area (Å²) in [7, 11) is 0. The predicted molar refractivity (Wildman–Crippen MR) is 250 cm³/mol. The van der Waals surface area contributed by atoms with Gasteiger partial charge in [-0.1, -0.05) is 46.3 Å². The van der Waals surface area contributed by atoms with Crippen LogP contribution in [0.4, 0.5) is 0 Å². The van der Waals surface area contributed by atoms with E-state index < -0.39 is 154 Å². The predicted octanol–water partition coefficient (Wildman–Crippen LogP) is -0.00120. The molecule has 0 bridgehead atoms. The molecule has 25 atom stereocenters. The number of carboxylic acid groups (broad SMARTS) is 1. The van der Waals surface area contributed by atoms with E-state index in [0.29, 0.717) is 38.5 Å². The molecule has 3 aliphatic heterocycles. The van der Waals surface area contributed by atoms with Crippen LogP contribution in [0.5, 0.6) is 0 Å². The number of carboxylic acids is 1. The van der Waals surface area contributed by atoms with E-state index in [4.69, 9.17) is 38.3 Å². The standard InChI is InChI=1S/C51H84O21/c1-23(2)10-9-14-51(8,72-45-42(65)38(61)35(58)26(20-52)67-45)24-11-16-50(7)34(24)25(54)18-30-48(5)15-13-31(47(3,4)29(48)12-17-49(30,50)6)70-46-43(40(63)36(59)27(21-53)68-46)71-44-41(64)39(62)37(60)28(69-44)22-66-33(57)19-32(55)56/h10,24-31,34-46,52-54,58-65H,9,11-22H2,1-8H3,(H,55,56)/t24-,25+,26+,27+,28+,29-,30+,31-,34+,35+,36+,37+,38-,39-,40-,41+,42+,43+,44-,45-,46-,48-,49+,50+,51-/m0/s1. The molecule has 0 aromatic rings. The Hall–Kier alpha value is -2.00. The van der Waals surface area contributed by atoms with Crippen LogP contribution in [0.15, 0.2) is 11.6 Å². The zero-order valence-electron chi connectivity index (χ0n) is 42.9. The second-order valence-corrected chi connectivity index (χ2v) is 24.0. The maximum Gasteiger partial charge on any atom is 0.317 e. The Kier molecular flexibility index (Phi) is 17.5. The van der Waals surface area contributed by atoms with Crippen LogP contribution in [0.25, 0.3) is 0 Å². The Labute approximate surface area is 421 Å². The number of esters is 1. The molecule has 0 spiro atoms. The smallest absolute Gasteiger partial charge is 0.317 e. The summed E-state index contributed by atoms with van der Waals surface area (Å²) in [5.74, 6) is -2.92. The fraction of sp³-hybridized carbons (Fsp3) is 0.922. The summed E-state index contributed by atoms with van der Waals surface area (Å²) in [6.45, 7) is 15.2. The van der Waals surface area contributed by atoms with Gasteiger partial charge in [-0.15, -0.1) is 0 Å². The first kappa shape index (κ1) is 57.7. The Balaban J connectivity index is 1.11. The van der Waals surface area contributed by atoms with Crippen molar-refractivity contribution >= 4 is 11.9 Å². The van der Waals surface area contributed by atoms with Crippen LogP contribution in [0, 0.1) is 45.3 Å². The molecule has 0 radical (unpaired) electrons. The van der Waals surface area contributed by atoms with E-state index in [1.807, 2.05) is 20.8 Å². The van der Waals surface area contributed by atoms with Crippen LogP contribution >= 0.6 is 0 Å². The topological polar surface area (TPSA) is 342 Å². The van der Waals surface area contributed by atoms with Gasteiger partial charge in [0, 0.05) is 0 Å². The summed E-state index contributed by atoms with van der Waals surface area (Å²) in [5, 5.41) is 129. The molecule has 21 heteroatoms. The number of fused-ring (bicyclic) bond motifs is 5. The lowest BCUT2D eigenvalue weighted by Crippen LogP contribution is -2.68. The van der Waals surface area contributed by atoms with Crippen LogP contribution in [0.2, 0.25) is 0 Å². The quantitative estimate of drug-likeness (QED) is 0.0419. The molecule has 0 amide bonds. The zero-order chi connectivity index (χ0) is 53.2. The average Bonchev–Trinajstić information content (AvgIpc) is 3.70. The van der Waals surface area contributed by atoms with E-state index in [1.54, 1.807) is 0 Å². The molecule has 0 aromatic carbocycles. The first-order valence-electron chi connectivity index (χ1n) is 25.9. The van der Waals surface area contributed by atoms with Crippen molar-refractivity contribution in [3.05, 3.63) is 11.6 Å². The zero-order valence-corrected chi connectivity index (χ0v) is 42.9. The van der Waals surface area contributed by atoms with Crippen molar-refractivity contribution in [2.75, 3.05) is 19.8 Å². The second-order valence-electron chi connectivity index (χ2n) is 24.0. The fourth-order valence-electron chi connectivity index (χ4n) is 15.2. The van der Waals surface area contributed by atoms with E-state index in [9.17, 15) is 65.8 Å². The highest BCUT2D eigenvalue weighted by Gasteiger charge is 2.72. The molecule has 4 aliphatic carbocycles. The van der Waals surface area contributed by atoms with Gasteiger partial charge >= 0.3 is 11.9 Å². The van der Waals surface area contributed by atoms with Crippen LogP contribution in [-0.2, 0) is 42.7 Å². The van der Waals surface area contributed by atoms with Gasteiger partial charge in [0.05, 0.1) is 31.0 Å². The van der Waals surface area contributed by atoms with E-state index in [0.717, 1.165) is 24.8 Å². The number of aliphatic carboxylic acids is 1. The first-order chi connectivity index (χ1) is 33.6. The number of rotatable bonds is 16. The van der Waals surface area contributed by atoms with Gasteiger partial charge < -0.3 is 94.4 Å². The SMILES string of the molecule is CC(C)=CCC[C@](C)(O[C@@H]1O[C@H](CO)[C@@H](O)[C@H](O)[C@H]1O)[C@H]1CC[C@]2(C)[C@H]1[C@H](O)C[C@@H]1[C@@]3(C)CC[C@H](O[C@@H]4O[C@H](CO)[C@@H](O)[C@H](O)[C@H]4O[C@@H]4O[C@H](COC(=O)CC(=O)O)[C@@H](O)[C@H](O)[C@H]4O)C(C)(C)[C@@H]3CC[C@]12C. The second kappa shape index (κ2) is 21.8. The van der Waals surface area contributed by atoms with Crippen molar-refractivity contribution in [2.24, 2.45) is 45.3 Å². The number of aliphatic hydroxyl groups excluding tert-OH is 11. The molecule has 3 heterocycles. The van der Waals surface area contributed by atoms with Gasteiger partial charge in [0.15, 0.2) is 18.9 Å². The summed E-state index contributed by atoms with van der Waals surface area (Å²) in [6.07, 6.45) is -18.2. The summed E-state index contributed by atoms with van der Waals surface area (Å²) >= 11 is 0. The highest BCUT2D eigenvalue weighted by atomic mass is 16.8. The Morgan fingerprint density at radius 2 is 1.24 bits per heavy atom. The number of hydrogen-bond acceptors (Lipinski definition) is 20. The lowest BCUT2D eigenvalue weighted by atomic mass is 9.35. The van der Waals surface area contributed by atoms with Gasteiger partial charge in [-0.05, 0) is 124 Å². The number of carbonyl (C=O) groups excluding carboxylic acids is 1. The average molecular weight is 1030 g/mol. The molecule has 0 unspecified atom stereocenters. The molecule has 0 aromatic heterocycles. The number of allylic oxidation sites excluding steroid dienone is 2. The molecule has 4 saturated carbocycles. The molecule has 7 rings (SSSR count). The molecule has 3 saturated heterocycles. The Morgan fingerprint density at radius 1 is 0.667 bits per heavy atom. The van der Waals surface area contributed by atoms with Gasteiger partial charge in [-0.3, -0.25) is 9.59 Å².